The molecule has 5 rings (SSSR count). The van der Waals surface area contributed by atoms with Gasteiger partial charge in [0.25, 0.3) is 0 Å². The first-order valence-electron chi connectivity index (χ1n) is 12.5. The Hall–Kier alpha value is -3.17. The monoisotopic (exact) mass is 481 g/mol. The summed E-state index contributed by atoms with van der Waals surface area (Å²) in [6, 6.07) is 2.13. The number of carbonyl (C=O) groups excluding carboxylic acids is 2. The minimum Gasteiger partial charge on any atom is -0.444 e. The highest BCUT2D eigenvalue weighted by Gasteiger charge is 2.50. The molecule has 2 saturated heterocycles. The zero-order valence-electron chi connectivity index (χ0n) is 21.1. The molecule has 0 aromatic carbocycles. The van der Waals surface area contributed by atoms with E-state index in [0.29, 0.717) is 43.7 Å². The fourth-order valence-corrected chi connectivity index (χ4v) is 4.93. The standard InChI is InChI=1S/C25H35N7O3/c1-24(2,3)35-23(34)32-14-25(15-32)8-10-31(13-25)22-29-18-11-17(16-5-6-16)12-28-20(18)21(30-22)27-9-7-19(33)26-4/h11-12,16H,5-10,13-15H2,1-4H3,(H,26,33)(H,27,29,30). The maximum absolute atomic E-state index is 12.4. The molecular formula is C25H35N7O3. The summed E-state index contributed by atoms with van der Waals surface area (Å²) in [4.78, 5) is 42.5. The molecule has 188 valence electrons. The van der Waals surface area contributed by atoms with Gasteiger partial charge < -0.3 is 25.2 Å². The van der Waals surface area contributed by atoms with Gasteiger partial charge in [-0.25, -0.2) is 9.78 Å². The summed E-state index contributed by atoms with van der Waals surface area (Å²) in [7, 11) is 1.63. The van der Waals surface area contributed by atoms with Gasteiger partial charge in [-0.05, 0) is 57.6 Å². The fraction of sp³-hybridized carbons (Fsp3) is 0.640. The summed E-state index contributed by atoms with van der Waals surface area (Å²) in [5.41, 5.74) is 2.34. The highest BCUT2D eigenvalue weighted by atomic mass is 16.6. The Morgan fingerprint density at radius 2 is 1.97 bits per heavy atom. The smallest absolute Gasteiger partial charge is 0.410 e. The molecule has 10 heteroatoms. The van der Waals surface area contributed by atoms with Crippen molar-refractivity contribution in [1.82, 2.24) is 25.2 Å². The predicted molar refractivity (Wildman–Crippen MR) is 134 cm³/mol. The van der Waals surface area contributed by atoms with E-state index in [-0.39, 0.29) is 17.4 Å². The number of anilines is 2. The van der Waals surface area contributed by atoms with Gasteiger partial charge in [-0.2, -0.15) is 4.98 Å². The highest BCUT2D eigenvalue weighted by Crippen LogP contribution is 2.43. The van der Waals surface area contributed by atoms with Crippen molar-refractivity contribution in [3.63, 3.8) is 0 Å². The van der Waals surface area contributed by atoms with E-state index < -0.39 is 5.60 Å². The van der Waals surface area contributed by atoms with Gasteiger partial charge in [0.15, 0.2) is 5.82 Å². The van der Waals surface area contributed by atoms with E-state index in [9.17, 15) is 9.59 Å². The first kappa shape index (κ1) is 23.6. The summed E-state index contributed by atoms with van der Waals surface area (Å²) in [6.07, 6.45) is 5.41. The minimum atomic E-state index is -0.491. The van der Waals surface area contributed by atoms with Crippen LogP contribution in [0.1, 0.15) is 57.9 Å². The number of ether oxygens (including phenoxy) is 1. The first-order valence-corrected chi connectivity index (χ1v) is 12.5. The van der Waals surface area contributed by atoms with E-state index >= 15 is 0 Å². The van der Waals surface area contributed by atoms with Crippen molar-refractivity contribution in [1.29, 1.82) is 0 Å². The number of fused-ring (bicyclic) bond motifs is 1. The van der Waals surface area contributed by atoms with Crippen molar-refractivity contribution in [2.24, 2.45) is 5.41 Å². The number of nitrogens with zero attached hydrogens (tertiary/aromatic N) is 5. The lowest BCUT2D eigenvalue weighted by atomic mass is 9.79. The Morgan fingerprint density at radius 3 is 2.66 bits per heavy atom. The highest BCUT2D eigenvalue weighted by molar-refractivity contribution is 5.87. The zero-order chi connectivity index (χ0) is 24.8. The third-order valence-electron chi connectivity index (χ3n) is 6.94. The second-order valence-corrected chi connectivity index (χ2v) is 11.1. The van der Waals surface area contributed by atoms with Gasteiger partial charge in [0.1, 0.15) is 11.1 Å². The maximum Gasteiger partial charge on any atom is 0.410 e. The summed E-state index contributed by atoms with van der Waals surface area (Å²) in [6.45, 7) is 9.14. The number of amides is 2. The Labute approximate surface area is 205 Å². The van der Waals surface area contributed by atoms with Crippen LogP contribution in [0, 0.1) is 5.41 Å². The number of likely N-dealkylation sites (tertiary alicyclic amines) is 1. The van der Waals surface area contributed by atoms with Crippen LogP contribution in [0.2, 0.25) is 0 Å². The van der Waals surface area contributed by atoms with Crippen LogP contribution in [-0.2, 0) is 9.53 Å². The molecule has 2 N–H and O–H groups in total. The Balaban J connectivity index is 1.33. The molecule has 1 saturated carbocycles. The molecule has 2 aliphatic heterocycles. The number of aromatic nitrogens is 3. The fourth-order valence-electron chi connectivity index (χ4n) is 4.93. The number of pyridine rings is 1. The lowest BCUT2D eigenvalue weighted by molar-refractivity contribution is -0.120. The molecule has 0 bridgehead atoms. The van der Waals surface area contributed by atoms with Gasteiger partial charge in [-0.3, -0.25) is 9.78 Å². The second-order valence-electron chi connectivity index (χ2n) is 11.1. The van der Waals surface area contributed by atoms with E-state index in [1.165, 1.54) is 18.4 Å². The minimum absolute atomic E-state index is 0.0268. The van der Waals surface area contributed by atoms with Crippen molar-refractivity contribution in [2.75, 3.05) is 50.0 Å². The molecule has 2 aromatic heterocycles. The average Bonchev–Trinajstić information content (AvgIpc) is 3.53. The number of carbonyl (C=O) groups is 2. The SMILES string of the molecule is CNC(=O)CCNc1nc(N2CCC3(CN(C(=O)OC(C)(C)C)C3)C2)nc2cc(C3CC3)cnc12. The molecule has 0 atom stereocenters. The molecule has 3 aliphatic rings. The van der Waals surface area contributed by atoms with Crippen LogP contribution in [-0.4, -0.2) is 77.2 Å². The van der Waals surface area contributed by atoms with Crippen LogP contribution in [0.25, 0.3) is 11.0 Å². The quantitative estimate of drug-likeness (QED) is 0.648. The number of hydrogen-bond acceptors (Lipinski definition) is 8. The van der Waals surface area contributed by atoms with Crippen LogP contribution in [0.3, 0.4) is 0 Å². The van der Waals surface area contributed by atoms with Crippen molar-refractivity contribution >= 4 is 34.8 Å². The van der Waals surface area contributed by atoms with Gasteiger partial charge in [-0.1, -0.05) is 0 Å². The van der Waals surface area contributed by atoms with Crippen molar-refractivity contribution in [2.45, 2.75) is 58.0 Å². The summed E-state index contributed by atoms with van der Waals surface area (Å²) < 4.78 is 5.52. The number of hydrogen-bond donors (Lipinski definition) is 2. The van der Waals surface area contributed by atoms with Gasteiger partial charge in [-0.15, -0.1) is 0 Å². The number of nitrogens with one attached hydrogen (secondary N) is 2. The van der Waals surface area contributed by atoms with Crippen LogP contribution in [0.4, 0.5) is 16.6 Å². The molecule has 2 amide bonds. The normalized spacial score (nSPS) is 19.1. The Bertz CT molecular complexity index is 1140. The first-order chi connectivity index (χ1) is 16.6. The van der Waals surface area contributed by atoms with Crippen molar-refractivity contribution in [3.05, 3.63) is 17.8 Å². The lowest BCUT2D eigenvalue weighted by Gasteiger charge is -2.47. The van der Waals surface area contributed by atoms with Crippen LogP contribution >= 0.6 is 0 Å². The van der Waals surface area contributed by atoms with Crippen LogP contribution in [0.15, 0.2) is 12.3 Å². The second kappa shape index (κ2) is 8.80. The van der Waals surface area contributed by atoms with E-state index in [1.807, 2.05) is 27.0 Å². The van der Waals surface area contributed by atoms with E-state index in [2.05, 4.69) is 26.6 Å². The number of rotatable bonds is 6. The van der Waals surface area contributed by atoms with Crippen LogP contribution in [0.5, 0.6) is 0 Å². The molecule has 3 fully saturated rings. The zero-order valence-corrected chi connectivity index (χ0v) is 21.1. The third-order valence-corrected chi connectivity index (χ3v) is 6.94. The molecule has 1 spiro atoms. The molecule has 0 radical (unpaired) electrons. The van der Waals surface area contributed by atoms with Gasteiger partial charge in [0.2, 0.25) is 11.9 Å². The third kappa shape index (κ3) is 5.11. The summed E-state index contributed by atoms with van der Waals surface area (Å²) in [5.74, 6) is 1.88. The maximum atomic E-state index is 12.4. The molecule has 1 aliphatic carbocycles. The molecule has 0 unspecified atom stereocenters. The summed E-state index contributed by atoms with van der Waals surface area (Å²) >= 11 is 0. The van der Waals surface area contributed by atoms with E-state index in [1.54, 1.807) is 11.9 Å². The Morgan fingerprint density at radius 1 is 1.20 bits per heavy atom. The average molecular weight is 482 g/mol. The largest absolute Gasteiger partial charge is 0.444 e. The molecule has 4 heterocycles. The molecule has 10 nitrogen and oxygen atoms in total. The van der Waals surface area contributed by atoms with E-state index in [4.69, 9.17) is 14.7 Å². The van der Waals surface area contributed by atoms with Crippen LogP contribution < -0.4 is 15.5 Å². The molecule has 2 aromatic rings. The molecular weight excluding hydrogens is 446 g/mol. The van der Waals surface area contributed by atoms with Gasteiger partial charge in [0, 0.05) is 57.8 Å². The van der Waals surface area contributed by atoms with Crippen molar-refractivity contribution in [3.8, 4) is 0 Å². The van der Waals surface area contributed by atoms with Gasteiger partial charge in [0.05, 0.1) is 5.52 Å². The van der Waals surface area contributed by atoms with E-state index in [0.717, 1.165) is 30.5 Å². The van der Waals surface area contributed by atoms with Crippen molar-refractivity contribution < 1.29 is 14.3 Å². The topological polar surface area (TPSA) is 113 Å². The Kier molecular flexibility index (Phi) is 5.93. The summed E-state index contributed by atoms with van der Waals surface area (Å²) in [5, 5.41) is 5.95. The molecule has 35 heavy (non-hydrogen) atoms. The lowest BCUT2D eigenvalue weighted by Crippen LogP contribution is -2.60. The predicted octanol–water partition coefficient (Wildman–Crippen LogP) is 2.90. The van der Waals surface area contributed by atoms with Gasteiger partial charge >= 0.3 is 6.09 Å².